The molecule has 0 atom stereocenters. The fraction of sp³-hybridized carbons (Fsp3) is 0.174. The van der Waals surface area contributed by atoms with Gasteiger partial charge in [-0.3, -0.25) is 9.59 Å². The second kappa shape index (κ2) is 9.62. The molecule has 0 saturated carbocycles. The Morgan fingerprint density at radius 1 is 1.13 bits per heavy atom. The third kappa shape index (κ3) is 5.30. The van der Waals surface area contributed by atoms with Crippen molar-refractivity contribution < 1.29 is 19.1 Å². The first-order chi connectivity index (χ1) is 14.9. The molecule has 0 bridgehead atoms. The molecular weight excluding hydrogens is 396 g/mol. The first-order valence-corrected chi connectivity index (χ1v) is 9.59. The largest absolute Gasteiger partial charge is 0.493 e. The molecule has 1 aromatic heterocycles. The van der Waals surface area contributed by atoms with Crippen LogP contribution in [0.15, 0.2) is 54.6 Å². The maximum absolute atomic E-state index is 12.4. The van der Waals surface area contributed by atoms with Crippen LogP contribution in [0.1, 0.15) is 17.0 Å². The Morgan fingerprint density at radius 2 is 1.87 bits per heavy atom. The molecule has 0 fully saturated rings. The quantitative estimate of drug-likeness (QED) is 0.545. The van der Waals surface area contributed by atoms with Crippen LogP contribution in [-0.2, 0) is 9.59 Å². The van der Waals surface area contributed by atoms with Crippen molar-refractivity contribution >= 4 is 23.6 Å². The number of amides is 2. The predicted octanol–water partition coefficient (Wildman–Crippen LogP) is 3.01. The molecule has 3 N–H and O–H groups in total. The lowest BCUT2D eigenvalue weighted by Crippen LogP contribution is -2.20. The van der Waals surface area contributed by atoms with Gasteiger partial charge in [0.2, 0.25) is 5.91 Å². The van der Waals surface area contributed by atoms with Gasteiger partial charge in [0.25, 0.3) is 5.91 Å². The van der Waals surface area contributed by atoms with Crippen molar-refractivity contribution in [2.75, 3.05) is 19.0 Å². The number of aryl methyl sites for hydroxylation is 1. The van der Waals surface area contributed by atoms with E-state index < -0.39 is 5.91 Å². The highest BCUT2D eigenvalue weighted by Gasteiger charge is 2.12. The lowest BCUT2D eigenvalue weighted by molar-refractivity contribution is -0.120. The molecule has 8 heteroatoms. The van der Waals surface area contributed by atoms with Crippen molar-refractivity contribution in [1.29, 1.82) is 0 Å². The van der Waals surface area contributed by atoms with Crippen LogP contribution < -0.4 is 20.5 Å². The molecule has 0 aliphatic rings. The van der Waals surface area contributed by atoms with Crippen molar-refractivity contribution in [1.82, 2.24) is 9.78 Å². The summed E-state index contributed by atoms with van der Waals surface area (Å²) in [6.45, 7) is 3.56. The summed E-state index contributed by atoms with van der Waals surface area (Å²) >= 11 is 0. The van der Waals surface area contributed by atoms with E-state index in [2.05, 4.69) is 10.4 Å². The maximum Gasteiger partial charge on any atom is 0.255 e. The average molecular weight is 420 g/mol. The summed E-state index contributed by atoms with van der Waals surface area (Å²) in [5.74, 6) is -0.202. The summed E-state index contributed by atoms with van der Waals surface area (Å²) in [5, 5.41) is 7.34. The summed E-state index contributed by atoms with van der Waals surface area (Å²) in [6, 6.07) is 14.7. The van der Waals surface area contributed by atoms with E-state index in [0.717, 1.165) is 22.6 Å². The number of primary amides is 1. The Morgan fingerprint density at radius 3 is 2.55 bits per heavy atom. The number of rotatable bonds is 8. The zero-order chi connectivity index (χ0) is 22.4. The molecule has 0 radical (unpaired) electrons. The predicted molar refractivity (Wildman–Crippen MR) is 118 cm³/mol. The van der Waals surface area contributed by atoms with Crippen LogP contribution in [0.5, 0.6) is 11.5 Å². The number of aromatic nitrogens is 2. The van der Waals surface area contributed by atoms with Crippen molar-refractivity contribution in [3.63, 3.8) is 0 Å². The molecule has 0 aliphatic heterocycles. The van der Waals surface area contributed by atoms with Crippen molar-refractivity contribution in [2.24, 2.45) is 5.73 Å². The topological polar surface area (TPSA) is 108 Å². The number of hydrogen-bond donors (Lipinski definition) is 2. The second-order valence-electron chi connectivity index (χ2n) is 6.78. The molecule has 31 heavy (non-hydrogen) atoms. The minimum Gasteiger partial charge on any atom is -0.493 e. The number of methoxy groups -OCH3 is 1. The van der Waals surface area contributed by atoms with E-state index in [1.165, 1.54) is 13.2 Å². The summed E-state index contributed by atoms with van der Waals surface area (Å²) < 4.78 is 12.4. The van der Waals surface area contributed by atoms with Gasteiger partial charge in [-0.15, -0.1) is 0 Å². The number of nitrogens with zero attached hydrogens (tertiary/aromatic N) is 2. The number of nitrogens with two attached hydrogens (primary N) is 1. The van der Waals surface area contributed by atoms with Crippen LogP contribution in [0.3, 0.4) is 0 Å². The Hall–Kier alpha value is -4.07. The van der Waals surface area contributed by atoms with Crippen LogP contribution >= 0.6 is 0 Å². The first kappa shape index (κ1) is 21.6. The van der Waals surface area contributed by atoms with Crippen molar-refractivity contribution in [2.45, 2.75) is 13.8 Å². The Bertz CT molecular complexity index is 1120. The third-order valence-corrected chi connectivity index (χ3v) is 4.55. The summed E-state index contributed by atoms with van der Waals surface area (Å²) in [6.07, 6.45) is 3.18. The van der Waals surface area contributed by atoms with Gasteiger partial charge in [0, 0.05) is 29.1 Å². The van der Waals surface area contributed by atoms with Gasteiger partial charge in [0.1, 0.15) is 0 Å². The van der Waals surface area contributed by atoms with Crippen LogP contribution in [0.2, 0.25) is 0 Å². The number of nitrogens with one attached hydrogen (secondary N) is 1. The van der Waals surface area contributed by atoms with E-state index in [0.29, 0.717) is 17.2 Å². The van der Waals surface area contributed by atoms with E-state index in [1.807, 2.05) is 48.9 Å². The third-order valence-electron chi connectivity index (χ3n) is 4.55. The van der Waals surface area contributed by atoms with Crippen LogP contribution in [0.4, 0.5) is 5.69 Å². The number of ether oxygens (including phenoxy) is 2. The van der Waals surface area contributed by atoms with Gasteiger partial charge in [0.05, 0.1) is 18.5 Å². The van der Waals surface area contributed by atoms with Crippen LogP contribution in [0.25, 0.3) is 11.8 Å². The molecule has 0 aliphatic carbocycles. The number of para-hydroxylation sites is 1. The highest BCUT2D eigenvalue weighted by atomic mass is 16.5. The van der Waals surface area contributed by atoms with Crippen LogP contribution in [0, 0.1) is 13.8 Å². The Labute approximate surface area is 180 Å². The molecule has 2 aromatic carbocycles. The van der Waals surface area contributed by atoms with Gasteiger partial charge in [-0.1, -0.05) is 18.2 Å². The van der Waals surface area contributed by atoms with Crippen molar-refractivity contribution in [3.8, 4) is 17.2 Å². The number of carbonyl (C=O) groups excluding carboxylic acids is 2. The molecule has 160 valence electrons. The summed E-state index contributed by atoms with van der Waals surface area (Å²) in [4.78, 5) is 23.4. The SMILES string of the molecule is COc1ccc(NC(=O)/C=C/c2c(C)nn(-c3ccccc3)c2C)cc1OCC(N)=O. The van der Waals surface area contributed by atoms with Gasteiger partial charge >= 0.3 is 0 Å². The van der Waals surface area contributed by atoms with Gasteiger partial charge in [0.15, 0.2) is 18.1 Å². The van der Waals surface area contributed by atoms with E-state index >= 15 is 0 Å². The second-order valence-corrected chi connectivity index (χ2v) is 6.78. The standard InChI is InChI=1S/C23H24N4O4/c1-15-19(16(2)27(26-15)18-7-5-4-6-8-18)10-12-23(29)25-17-9-11-20(30-3)21(13-17)31-14-22(24)28/h4-13H,14H2,1-3H3,(H2,24,28)(H,25,29)/b12-10+. The van der Waals surface area contributed by atoms with Gasteiger partial charge in [-0.05, 0) is 44.2 Å². The molecule has 1 heterocycles. The first-order valence-electron chi connectivity index (χ1n) is 9.59. The lowest BCUT2D eigenvalue weighted by atomic mass is 10.2. The lowest BCUT2D eigenvalue weighted by Gasteiger charge is -2.11. The molecule has 3 aromatic rings. The van der Waals surface area contributed by atoms with E-state index in [4.69, 9.17) is 15.2 Å². The van der Waals surface area contributed by atoms with E-state index in [1.54, 1.807) is 24.3 Å². The Kier molecular flexibility index (Phi) is 6.71. The molecule has 0 spiro atoms. The fourth-order valence-corrected chi connectivity index (χ4v) is 3.08. The highest BCUT2D eigenvalue weighted by molar-refractivity contribution is 6.02. The number of benzene rings is 2. The molecule has 0 saturated heterocycles. The fourth-order valence-electron chi connectivity index (χ4n) is 3.08. The smallest absolute Gasteiger partial charge is 0.255 e. The highest BCUT2D eigenvalue weighted by Crippen LogP contribution is 2.30. The minimum atomic E-state index is -0.610. The number of carbonyl (C=O) groups is 2. The summed E-state index contributed by atoms with van der Waals surface area (Å²) in [7, 11) is 1.48. The van der Waals surface area contributed by atoms with Gasteiger partial charge < -0.3 is 20.5 Å². The molecule has 2 amide bonds. The van der Waals surface area contributed by atoms with E-state index in [-0.39, 0.29) is 12.5 Å². The number of hydrogen-bond acceptors (Lipinski definition) is 5. The minimum absolute atomic E-state index is 0.294. The van der Waals surface area contributed by atoms with Gasteiger partial charge in [-0.25, -0.2) is 4.68 Å². The van der Waals surface area contributed by atoms with Crippen LogP contribution in [-0.4, -0.2) is 35.3 Å². The normalized spacial score (nSPS) is 10.8. The maximum atomic E-state index is 12.4. The monoisotopic (exact) mass is 420 g/mol. The molecular formula is C23H24N4O4. The average Bonchev–Trinajstić information content (AvgIpc) is 3.05. The molecule has 0 unspecified atom stereocenters. The summed E-state index contributed by atoms with van der Waals surface area (Å²) in [5.41, 5.74) is 9.18. The number of anilines is 1. The molecule has 3 rings (SSSR count). The zero-order valence-electron chi connectivity index (χ0n) is 17.6. The zero-order valence-corrected chi connectivity index (χ0v) is 17.6. The van der Waals surface area contributed by atoms with Crippen molar-refractivity contribution in [3.05, 3.63) is 71.6 Å². The van der Waals surface area contributed by atoms with E-state index in [9.17, 15) is 9.59 Å². The Balaban J connectivity index is 1.75. The molecule has 8 nitrogen and oxygen atoms in total. The van der Waals surface area contributed by atoms with Gasteiger partial charge in [-0.2, -0.15) is 5.10 Å².